The van der Waals surface area contributed by atoms with E-state index in [0.29, 0.717) is 5.56 Å². The number of rotatable bonds is 16. The SMILES string of the molecule is CC(C)C[C@@H]1NC(=O)[C@@H](Cc2ccccc2)NC(=O)[C@H](CCNC(=O)OC(C)(C)C)NC(=O)[C@@H](NC(=O)CN)CCNC(=O)[C@H]([C@@H](C)O)NC(=O)[C@H](CCNC(=O)OC(C)(C)C)NC(=O)[C@H](CCNC(=O)OC(C)(C)C)NC1=O. The number of ether oxygens (including phenoxy) is 3. The zero-order valence-electron chi connectivity index (χ0n) is 47.6. The van der Waals surface area contributed by atoms with Crippen molar-refractivity contribution < 1.29 is 72.1 Å². The van der Waals surface area contributed by atoms with Gasteiger partial charge < -0.3 is 83.5 Å². The van der Waals surface area contributed by atoms with Gasteiger partial charge in [0.15, 0.2) is 0 Å². The molecule has 79 heavy (non-hydrogen) atoms. The molecular formula is C52H86N12O15. The first kappa shape index (κ1) is 67.8. The summed E-state index contributed by atoms with van der Waals surface area (Å²) in [6.07, 6.45) is -5.66. The highest BCUT2D eigenvalue weighted by molar-refractivity contribution is 5.98. The van der Waals surface area contributed by atoms with Crippen molar-refractivity contribution in [3.05, 3.63) is 35.9 Å². The second kappa shape index (κ2) is 31.9. The molecule has 0 aromatic heterocycles. The second-order valence-corrected chi connectivity index (χ2v) is 22.4. The molecule has 27 heteroatoms. The Bertz CT molecular complexity index is 2250. The van der Waals surface area contributed by atoms with Gasteiger partial charge in [-0.3, -0.25) is 38.4 Å². The normalized spacial score (nSPS) is 22.2. The minimum atomic E-state index is -1.72. The summed E-state index contributed by atoms with van der Waals surface area (Å²) < 4.78 is 16.0. The minimum Gasteiger partial charge on any atom is -0.444 e. The zero-order chi connectivity index (χ0) is 59.8. The monoisotopic (exact) mass is 1120 g/mol. The van der Waals surface area contributed by atoms with E-state index in [1.165, 1.54) is 6.92 Å². The molecule has 1 aliphatic heterocycles. The van der Waals surface area contributed by atoms with E-state index in [0.717, 1.165) is 0 Å². The fraction of sp³-hybridized carbons (Fsp3) is 0.673. The number of aliphatic hydroxyl groups is 1. The molecule has 1 aromatic carbocycles. The van der Waals surface area contributed by atoms with Gasteiger partial charge in [-0.15, -0.1) is 0 Å². The second-order valence-electron chi connectivity index (χ2n) is 22.4. The molecule has 8 atom stereocenters. The molecule has 11 amide bonds. The number of carbonyl (C=O) groups excluding carboxylic acids is 11. The third kappa shape index (κ3) is 27.7. The van der Waals surface area contributed by atoms with Crippen molar-refractivity contribution in [3.63, 3.8) is 0 Å². The molecule has 0 aliphatic carbocycles. The zero-order valence-corrected chi connectivity index (χ0v) is 47.6. The smallest absolute Gasteiger partial charge is 0.407 e. The standard InChI is InChI=1S/C52H86N12O15/c1-29(2)26-36-44(71)61-33(19-23-55-47(74)77-50(4,5)6)41(68)60-35(21-25-57-49(76)79-52(10,11)12)43(70)64-39(30(3)65)46(73)54-22-18-32(58-38(66)28-53)40(67)59-34(20-24-56-48(75)78-51(7,8)9)42(69)63-37(45(72)62-36)27-31-16-14-13-15-17-31/h13-17,29-30,32-37,39,65H,18-28,53H2,1-12H3,(H,54,73)(H,55,74)(H,56,75)(H,57,76)(H,58,66)(H,59,67)(H,60,68)(H,61,71)(H,62,72)(H,63,69)(H,64,70)/t30-,32+,33+,34+,35+,36+,37-,39+/m1/s1. The summed E-state index contributed by atoms with van der Waals surface area (Å²) in [5.74, 6) is -7.76. The Morgan fingerprint density at radius 2 is 0.949 bits per heavy atom. The fourth-order valence-corrected chi connectivity index (χ4v) is 7.46. The number of alkyl carbamates (subject to hydrolysis) is 3. The van der Waals surface area contributed by atoms with Gasteiger partial charge in [0.2, 0.25) is 47.3 Å². The largest absolute Gasteiger partial charge is 0.444 e. The maximum absolute atomic E-state index is 14.6. The van der Waals surface area contributed by atoms with E-state index >= 15 is 0 Å². The van der Waals surface area contributed by atoms with Gasteiger partial charge in [-0.1, -0.05) is 44.2 Å². The molecule has 1 aromatic rings. The van der Waals surface area contributed by atoms with Gasteiger partial charge in [0, 0.05) is 32.6 Å². The van der Waals surface area contributed by atoms with Crippen LogP contribution >= 0.6 is 0 Å². The molecule has 0 saturated carbocycles. The molecule has 1 fully saturated rings. The first-order valence-corrected chi connectivity index (χ1v) is 26.4. The van der Waals surface area contributed by atoms with Crippen molar-refractivity contribution in [2.75, 3.05) is 32.7 Å². The molecule has 0 radical (unpaired) electrons. The van der Waals surface area contributed by atoms with Gasteiger partial charge in [0.1, 0.15) is 59.1 Å². The third-order valence-electron chi connectivity index (χ3n) is 11.1. The number of hydrogen-bond acceptors (Lipinski definition) is 16. The Kier molecular flexibility index (Phi) is 27.4. The number of nitrogens with one attached hydrogen (secondary N) is 11. The van der Waals surface area contributed by atoms with Crippen LogP contribution in [0.4, 0.5) is 14.4 Å². The van der Waals surface area contributed by atoms with E-state index in [1.807, 2.05) is 0 Å². The molecular weight excluding hydrogens is 1030 g/mol. The molecule has 1 aliphatic rings. The maximum Gasteiger partial charge on any atom is 0.407 e. The lowest BCUT2D eigenvalue weighted by atomic mass is 10.00. The number of hydrogen-bond donors (Lipinski definition) is 13. The maximum atomic E-state index is 14.6. The minimum absolute atomic E-state index is 0.0246. The number of carbonyl (C=O) groups is 11. The molecule has 14 N–H and O–H groups in total. The van der Waals surface area contributed by atoms with E-state index in [4.69, 9.17) is 19.9 Å². The summed E-state index contributed by atoms with van der Waals surface area (Å²) in [5.41, 5.74) is 3.44. The highest BCUT2D eigenvalue weighted by Crippen LogP contribution is 2.13. The van der Waals surface area contributed by atoms with Gasteiger partial charge in [0.25, 0.3) is 0 Å². The Balaban J connectivity index is 2.85. The highest BCUT2D eigenvalue weighted by atomic mass is 16.6. The van der Waals surface area contributed by atoms with E-state index in [9.17, 15) is 57.8 Å². The molecule has 1 saturated heterocycles. The van der Waals surface area contributed by atoms with Crippen molar-refractivity contribution in [2.45, 2.75) is 187 Å². The molecule has 0 spiro atoms. The lowest BCUT2D eigenvalue weighted by Crippen LogP contribution is -2.61. The van der Waals surface area contributed by atoms with E-state index in [2.05, 4.69) is 58.5 Å². The van der Waals surface area contributed by atoms with Gasteiger partial charge in [-0.25, -0.2) is 14.4 Å². The number of aliphatic hydroxyl groups excluding tert-OH is 1. The average molecular weight is 1120 g/mol. The van der Waals surface area contributed by atoms with Crippen LogP contribution in [0.3, 0.4) is 0 Å². The van der Waals surface area contributed by atoms with Crippen LogP contribution in [0.25, 0.3) is 0 Å². The Labute approximate surface area is 462 Å². The van der Waals surface area contributed by atoms with Gasteiger partial charge >= 0.3 is 18.3 Å². The van der Waals surface area contributed by atoms with Gasteiger partial charge in [-0.2, -0.15) is 0 Å². The Morgan fingerprint density at radius 1 is 0.570 bits per heavy atom. The first-order valence-electron chi connectivity index (χ1n) is 26.4. The van der Waals surface area contributed by atoms with E-state index < -0.39 is 144 Å². The van der Waals surface area contributed by atoms with Gasteiger partial charge in [-0.05, 0) is 113 Å². The van der Waals surface area contributed by atoms with Crippen LogP contribution in [0.1, 0.15) is 121 Å². The number of amides is 11. The van der Waals surface area contributed by atoms with Crippen LogP contribution in [0.5, 0.6) is 0 Å². The lowest BCUT2D eigenvalue weighted by Gasteiger charge is -2.29. The molecule has 1 heterocycles. The molecule has 0 bridgehead atoms. The van der Waals surface area contributed by atoms with Crippen LogP contribution < -0.4 is 64.2 Å². The van der Waals surface area contributed by atoms with Crippen molar-refractivity contribution in [3.8, 4) is 0 Å². The van der Waals surface area contributed by atoms with Crippen LogP contribution in [-0.2, 0) is 59.0 Å². The van der Waals surface area contributed by atoms with E-state index in [1.54, 1.807) is 106 Å². The lowest BCUT2D eigenvalue weighted by molar-refractivity contribution is -0.136. The predicted octanol–water partition coefficient (Wildman–Crippen LogP) is -0.727. The van der Waals surface area contributed by atoms with Crippen LogP contribution in [-0.4, -0.2) is 169 Å². The number of nitrogens with two attached hydrogens (primary N) is 1. The quantitative estimate of drug-likeness (QED) is 0.0908. The summed E-state index contributed by atoms with van der Waals surface area (Å²) in [4.78, 5) is 151. The summed E-state index contributed by atoms with van der Waals surface area (Å²) in [6, 6.07) is -2.25. The summed E-state index contributed by atoms with van der Waals surface area (Å²) in [7, 11) is 0. The Morgan fingerprint density at radius 3 is 1.35 bits per heavy atom. The molecule has 0 unspecified atom stereocenters. The summed E-state index contributed by atoms with van der Waals surface area (Å²) >= 11 is 0. The van der Waals surface area contributed by atoms with Crippen LogP contribution in [0.15, 0.2) is 30.3 Å². The Hall–Kier alpha value is -7.29. The predicted molar refractivity (Wildman–Crippen MR) is 288 cm³/mol. The summed E-state index contributed by atoms with van der Waals surface area (Å²) in [5, 5.41) is 38.9. The van der Waals surface area contributed by atoms with E-state index in [-0.39, 0.29) is 64.1 Å². The summed E-state index contributed by atoms with van der Waals surface area (Å²) in [6.45, 7) is 17.6. The third-order valence-corrected chi connectivity index (χ3v) is 11.1. The molecule has 27 nitrogen and oxygen atoms in total. The van der Waals surface area contributed by atoms with Crippen molar-refractivity contribution in [2.24, 2.45) is 11.7 Å². The van der Waals surface area contributed by atoms with Crippen molar-refractivity contribution in [1.29, 1.82) is 0 Å². The molecule has 2 rings (SSSR count). The van der Waals surface area contributed by atoms with Crippen molar-refractivity contribution >= 4 is 65.5 Å². The number of benzene rings is 1. The van der Waals surface area contributed by atoms with Crippen molar-refractivity contribution in [1.82, 2.24) is 58.5 Å². The molecule has 444 valence electrons. The van der Waals surface area contributed by atoms with Crippen LogP contribution in [0, 0.1) is 5.92 Å². The fourth-order valence-electron chi connectivity index (χ4n) is 7.46. The van der Waals surface area contributed by atoms with Gasteiger partial charge in [0.05, 0.1) is 12.6 Å². The first-order chi connectivity index (χ1) is 36.7. The topological polar surface area (TPSA) is 394 Å². The average Bonchev–Trinajstić information content (AvgIpc) is 3.31. The van der Waals surface area contributed by atoms with Crippen LogP contribution in [0.2, 0.25) is 0 Å². The highest BCUT2D eigenvalue weighted by Gasteiger charge is 2.36.